The molecule has 1 unspecified atom stereocenters. The molecule has 3 rings (SSSR count). The van der Waals surface area contributed by atoms with E-state index in [2.05, 4.69) is 16.8 Å². The van der Waals surface area contributed by atoms with Crippen molar-refractivity contribution >= 4 is 5.91 Å². The number of nitrogens with zero attached hydrogens (tertiary/aromatic N) is 3. The number of piperidine rings is 1. The molecule has 0 radical (unpaired) electrons. The number of β-amino-alcohol motifs (C(OH)–C–C–N with tert-alkyl or cyclic N) is 1. The second-order valence-electron chi connectivity index (χ2n) is 7.56. The Morgan fingerprint density at radius 1 is 1.05 bits per heavy atom. The monoisotopic (exact) mass is 295 g/mol. The first-order chi connectivity index (χ1) is 9.94. The molecule has 0 aromatic carbocycles. The van der Waals surface area contributed by atoms with Gasteiger partial charge in [-0.3, -0.25) is 9.69 Å². The van der Waals surface area contributed by atoms with Crippen LogP contribution in [0.15, 0.2) is 0 Å². The summed E-state index contributed by atoms with van der Waals surface area (Å²) in [6.45, 7) is 4.60. The van der Waals surface area contributed by atoms with Crippen molar-refractivity contribution in [1.82, 2.24) is 14.7 Å². The van der Waals surface area contributed by atoms with E-state index in [1.807, 2.05) is 11.9 Å². The molecule has 2 aliphatic heterocycles. The molecule has 3 fully saturated rings. The van der Waals surface area contributed by atoms with E-state index in [4.69, 9.17) is 0 Å². The van der Waals surface area contributed by atoms with E-state index >= 15 is 0 Å². The summed E-state index contributed by atoms with van der Waals surface area (Å²) in [6.07, 6.45) is 5.44. The van der Waals surface area contributed by atoms with Crippen molar-refractivity contribution in [3.05, 3.63) is 0 Å². The normalized spacial score (nSPS) is 34.8. The van der Waals surface area contributed by atoms with E-state index in [0.717, 1.165) is 45.4 Å². The maximum Gasteiger partial charge on any atom is 0.236 e. The van der Waals surface area contributed by atoms with Gasteiger partial charge in [0, 0.05) is 31.6 Å². The number of hydrogen-bond donors (Lipinski definition) is 1. The molecule has 120 valence electrons. The number of likely N-dealkylation sites (tertiary alicyclic amines) is 1. The van der Waals surface area contributed by atoms with Crippen LogP contribution >= 0.6 is 0 Å². The van der Waals surface area contributed by atoms with Crippen LogP contribution in [0, 0.1) is 5.41 Å². The predicted molar refractivity (Wildman–Crippen MR) is 82.0 cm³/mol. The van der Waals surface area contributed by atoms with Crippen LogP contribution in [0.25, 0.3) is 0 Å². The number of hydrogen-bond acceptors (Lipinski definition) is 4. The lowest BCUT2D eigenvalue weighted by molar-refractivity contribution is -0.160. The highest BCUT2D eigenvalue weighted by Crippen LogP contribution is 2.51. The number of piperazine rings is 1. The highest BCUT2D eigenvalue weighted by Gasteiger charge is 2.55. The van der Waals surface area contributed by atoms with Crippen LogP contribution < -0.4 is 0 Å². The first kappa shape index (κ1) is 15.3. The van der Waals surface area contributed by atoms with Gasteiger partial charge < -0.3 is 14.9 Å². The first-order valence-corrected chi connectivity index (χ1v) is 8.31. The third kappa shape index (κ3) is 2.71. The zero-order valence-electron chi connectivity index (χ0n) is 13.5. The number of rotatable bonds is 2. The van der Waals surface area contributed by atoms with Gasteiger partial charge in [0.2, 0.25) is 5.91 Å². The Balaban J connectivity index is 1.76. The summed E-state index contributed by atoms with van der Waals surface area (Å²) in [6, 6.07) is 0. The van der Waals surface area contributed by atoms with Crippen molar-refractivity contribution in [2.24, 2.45) is 5.41 Å². The Morgan fingerprint density at radius 3 is 2.43 bits per heavy atom. The van der Waals surface area contributed by atoms with E-state index in [1.165, 1.54) is 12.8 Å². The standard InChI is InChI=1S/C16H29N3O2/c1-17-9-10-19(14(20)11-17)13-16(21)7-8-18(2)12-15(16)5-3-4-6-15/h21H,3-13H2,1-2H3. The molecule has 1 N–H and O–H groups in total. The minimum Gasteiger partial charge on any atom is -0.387 e. The molecular weight excluding hydrogens is 266 g/mol. The van der Waals surface area contributed by atoms with Crippen molar-refractivity contribution in [1.29, 1.82) is 0 Å². The molecule has 2 saturated heterocycles. The molecule has 5 nitrogen and oxygen atoms in total. The molecule has 3 aliphatic rings. The van der Waals surface area contributed by atoms with E-state index < -0.39 is 5.60 Å². The van der Waals surface area contributed by atoms with Crippen LogP contribution in [-0.2, 0) is 4.79 Å². The third-order valence-corrected chi connectivity index (χ3v) is 5.99. The molecule has 0 aromatic heterocycles. The second kappa shape index (κ2) is 5.52. The fourth-order valence-corrected chi connectivity index (χ4v) is 4.61. The summed E-state index contributed by atoms with van der Waals surface area (Å²) >= 11 is 0. The van der Waals surface area contributed by atoms with Crippen molar-refractivity contribution in [2.45, 2.75) is 37.7 Å². The van der Waals surface area contributed by atoms with Gasteiger partial charge in [-0.25, -0.2) is 0 Å². The zero-order chi connectivity index (χ0) is 15.1. The number of carbonyl (C=O) groups excluding carboxylic acids is 1. The summed E-state index contributed by atoms with van der Waals surface area (Å²) in [5.41, 5.74) is -0.689. The Bertz CT molecular complexity index is 408. The summed E-state index contributed by atoms with van der Waals surface area (Å²) in [4.78, 5) is 18.6. The maximum atomic E-state index is 12.3. The SMILES string of the molecule is CN1CCN(CC2(O)CCN(C)CC23CCCC3)C(=O)C1. The van der Waals surface area contributed by atoms with Crippen LogP contribution in [0.5, 0.6) is 0 Å². The molecule has 2 heterocycles. The van der Waals surface area contributed by atoms with Crippen molar-refractivity contribution < 1.29 is 9.90 Å². The summed E-state index contributed by atoms with van der Waals surface area (Å²) in [5, 5.41) is 11.4. The number of likely N-dealkylation sites (N-methyl/N-ethyl adjacent to an activating group) is 1. The van der Waals surface area contributed by atoms with Gasteiger partial charge in [-0.05, 0) is 33.4 Å². The average Bonchev–Trinajstić information content (AvgIpc) is 2.88. The first-order valence-electron chi connectivity index (χ1n) is 8.31. The lowest BCUT2D eigenvalue weighted by Crippen LogP contribution is -2.64. The highest BCUT2D eigenvalue weighted by atomic mass is 16.3. The Hall–Kier alpha value is -0.650. The molecule has 1 aliphatic carbocycles. The molecule has 1 atom stereocenters. The largest absolute Gasteiger partial charge is 0.387 e. The van der Waals surface area contributed by atoms with Gasteiger partial charge in [-0.15, -0.1) is 0 Å². The van der Waals surface area contributed by atoms with Gasteiger partial charge >= 0.3 is 0 Å². The topological polar surface area (TPSA) is 47.0 Å². The third-order valence-electron chi connectivity index (χ3n) is 5.99. The summed E-state index contributed by atoms with van der Waals surface area (Å²) in [5.74, 6) is 0.171. The van der Waals surface area contributed by atoms with Crippen molar-refractivity contribution in [3.63, 3.8) is 0 Å². The van der Waals surface area contributed by atoms with E-state index in [0.29, 0.717) is 13.1 Å². The predicted octanol–water partition coefficient (Wildman–Crippen LogP) is 0.387. The molecule has 0 aromatic rings. The smallest absolute Gasteiger partial charge is 0.236 e. The summed E-state index contributed by atoms with van der Waals surface area (Å²) in [7, 11) is 4.14. The van der Waals surface area contributed by atoms with Crippen LogP contribution in [0.1, 0.15) is 32.1 Å². The lowest BCUT2D eigenvalue weighted by Gasteiger charge is -2.53. The molecule has 1 saturated carbocycles. The Morgan fingerprint density at radius 2 is 1.76 bits per heavy atom. The van der Waals surface area contributed by atoms with Gasteiger partial charge in [0.1, 0.15) is 0 Å². The van der Waals surface area contributed by atoms with Crippen LogP contribution in [0.2, 0.25) is 0 Å². The van der Waals surface area contributed by atoms with Crippen LogP contribution in [0.3, 0.4) is 0 Å². The fourth-order valence-electron chi connectivity index (χ4n) is 4.61. The average molecular weight is 295 g/mol. The van der Waals surface area contributed by atoms with Gasteiger partial charge in [0.25, 0.3) is 0 Å². The molecule has 21 heavy (non-hydrogen) atoms. The number of aliphatic hydroxyl groups is 1. The fraction of sp³-hybridized carbons (Fsp3) is 0.938. The zero-order valence-corrected chi connectivity index (χ0v) is 13.5. The van der Waals surface area contributed by atoms with Gasteiger partial charge in [-0.1, -0.05) is 12.8 Å². The highest BCUT2D eigenvalue weighted by molar-refractivity contribution is 5.79. The van der Waals surface area contributed by atoms with E-state index in [9.17, 15) is 9.90 Å². The van der Waals surface area contributed by atoms with Gasteiger partial charge in [-0.2, -0.15) is 0 Å². The molecule has 0 bridgehead atoms. The second-order valence-corrected chi connectivity index (χ2v) is 7.56. The Labute approximate surface area is 127 Å². The molecule has 5 heteroatoms. The molecule has 1 spiro atoms. The van der Waals surface area contributed by atoms with E-state index in [1.54, 1.807) is 0 Å². The minimum absolute atomic E-state index is 0.00360. The van der Waals surface area contributed by atoms with Crippen LogP contribution in [-0.4, -0.2) is 84.7 Å². The number of amides is 1. The van der Waals surface area contributed by atoms with Crippen molar-refractivity contribution in [3.8, 4) is 0 Å². The Kier molecular flexibility index (Phi) is 4.01. The number of carbonyl (C=O) groups is 1. The van der Waals surface area contributed by atoms with E-state index in [-0.39, 0.29) is 11.3 Å². The quantitative estimate of drug-likeness (QED) is 0.800. The summed E-state index contributed by atoms with van der Waals surface area (Å²) < 4.78 is 0. The lowest BCUT2D eigenvalue weighted by atomic mass is 9.65. The molecule has 1 amide bonds. The van der Waals surface area contributed by atoms with Crippen molar-refractivity contribution in [2.75, 3.05) is 53.4 Å². The minimum atomic E-state index is -0.693. The maximum absolute atomic E-state index is 12.3. The van der Waals surface area contributed by atoms with Crippen LogP contribution in [0.4, 0.5) is 0 Å². The van der Waals surface area contributed by atoms with Gasteiger partial charge in [0.05, 0.1) is 18.7 Å². The molecular formula is C16H29N3O2. The van der Waals surface area contributed by atoms with Gasteiger partial charge in [0.15, 0.2) is 0 Å².